The van der Waals surface area contributed by atoms with E-state index in [1.807, 2.05) is 50.2 Å². The smallest absolute Gasteiger partial charge is 0.264 e. The summed E-state index contributed by atoms with van der Waals surface area (Å²) in [5.74, 6) is 1.76. The molecular formula is C21H26N2O4S. The van der Waals surface area contributed by atoms with Gasteiger partial charge in [0, 0.05) is 6.54 Å². The SMILES string of the molecule is COc1ccc(CCNC(=S)NC(=O)COc2cc(C)ccc2C)cc1OC. The van der Waals surface area contributed by atoms with Crippen LogP contribution < -0.4 is 24.8 Å². The third-order valence-corrected chi connectivity index (χ3v) is 4.35. The molecule has 0 aromatic heterocycles. The Kier molecular flexibility index (Phi) is 8.07. The first kappa shape index (κ1) is 21.5. The second-order valence-corrected chi connectivity index (χ2v) is 6.71. The van der Waals surface area contributed by atoms with E-state index in [1.165, 1.54) is 0 Å². The Hall–Kier alpha value is -2.80. The van der Waals surface area contributed by atoms with Crippen molar-refractivity contribution in [2.24, 2.45) is 0 Å². The number of amides is 1. The molecule has 2 aromatic rings. The molecule has 0 bridgehead atoms. The molecule has 0 aliphatic heterocycles. The van der Waals surface area contributed by atoms with Gasteiger partial charge in [-0.1, -0.05) is 18.2 Å². The standard InChI is InChI=1S/C21H26N2O4S/c1-14-5-6-15(2)18(11-14)27-13-20(24)23-21(28)22-10-9-16-7-8-17(25-3)19(12-16)26-4/h5-8,11-12H,9-10,13H2,1-4H3,(H2,22,23,24,28). The summed E-state index contributed by atoms with van der Waals surface area (Å²) >= 11 is 5.17. The van der Waals surface area contributed by atoms with Crippen molar-refractivity contribution in [3.8, 4) is 17.2 Å². The van der Waals surface area contributed by atoms with Gasteiger partial charge in [0.15, 0.2) is 23.2 Å². The van der Waals surface area contributed by atoms with Crippen molar-refractivity contribution in [1.82, 2.24) is 10.6 Å². The summed E-state index contributed by atoms with van der Waals surface area (Å²) in [6.07, 6.45) is 0.718. The summed E-state index contributed by atoms with van der Waals surface area (Å²) in [6.45, 7) is 4.39. The van der Waals surface area contributed by atoms with Crippen LogP contribution in [0.25, 0.3) is 0 Å². The van der Waals surface area contributed by atoms with Gasteiger partial charge in [-0.3, -0.25) is 4.79 Å². The predicted molar refractivity (Wildman–Crippen MR) is 113 cm³/mol. The zero-order chi connectivity index (χ0) is 20.5. The minimum atomic E-state index is -0.301. The molecule has 150 valence electrons. The molecule has 0 aliphatic rings. The number of carbonyl (C=O) groups excluding carboxylic acids is 1. The van der Waals surface area contributed by atoms with Crippen molar-refractivity contribution in [2.45, 2.75) is 20.3 Å². The minimum absolute atomic E-state index is 0.0954. The fourth-order valence-electron chi connectivity index (χ4n) is 2.57. The number of carbonyl (C=O) groups is 1. The fraction of sp³-hybridized carbons (Fsp3) is 0.333. The van der Waals surface area contributed by atoms with E-state index in [0.29, 0.717) is 23.8 Å². The molecule has 0 saturated heterocycles. The molecule has 0 fully saturated rings. The summed E-state index contributed by atoms with van der Waals surface area (Å²) in [5, 5.41) is 5.91. The van der Waals surface area contributed by atoms with Crippen LogP contribution in [0.3, 0.4) is 0 Å². The molecule has 1 amide bonds. The van der Waals surface area contributed by atoms with Gasteiger partial charge < -0.3 is 24.8 Å². The molecule has 28 heavy (non-hydrogen) atoms. The van der Waals surface area contributed by atoms with Gasteiger partial charge >= 0.3 is 0 Å². The lowest BCUT2D eigenvalue weighted by Gasteiger charge is -2.12. The third-order valence-electron chi connectivity index (χ3n) is 4.10. The molecule has 2 rings (SSSR count). The monoisotopic (exact) mass is 402 g/mol. The lowest BCUT2D eigenvalue weighted by Crippen LogP contribution is -2.42. The molecule has 2 N–H and O–H groups in total. The highest BCUT2D eigenvalue weighted by Gasteiger charge is 2.08. The first-order valence-electron chi connectivity index (χ1n) is 8.91. The zero-order valence-corrected chi connectivity index (χ0v) is 17.4. The van der Waals surface area contributed by atoms with Crippen LogP contribution in [0.15, 0.2) is 36.4 Å². The summed E-state index contributed by atoms with van der Waals surface area (Å²) in [7, 11) is 3.20. The van der Waals surface area contributed by atoms with Crippen molar-refractivity contribution in [3.05, 3.63) is 53.1 Å². The first-order valence-corrected chi connectivity index (χ1v) is 9.32. The van der Waals surface area contributed by atoms with Crippen molar-refractivity contribution >= 4 is 23.2 Å². The van der Waals surface area contributed by atoms with Crippen LogP contribution in [0.1, 0.15) is 16.7 Å². The van der Waals surface area contributed by atoms with Gasteiger partial charge in [-0.2, -0.15) is 0 Å². The van der Waals surface area contributed by atoms with Crippen molar-refractivity contribution in [1.29, 1.82) is 0 Å². The third kappa shape index (κ3) is 6.42. The number of aryl methyl sites for hydroxylation is 2. The summed E-state index contributed by atoms with van der Waals surface area (Å²) < 4.78 is 16.1. The molecule has 0 unspecified atom stereocenters. The number of methoxy groups -OCH3 is 2. The van der Waals surface area contributed by atoms with Crippen LogP contribution in [0.2, 0.25) is 0 Å². The summed E-state index contributed by atoms with van der Waals surface area (Å²) in [5.41, 5.74) is 3.12. The highest BCUT2D eigenvalue weighted by atomic mass is 32.1. The Bertz CT molecular complexity index is 839. The fourth-order valence-corrected chi connectivity index (χ4v) is 2.79. The number of thiocarbonyl (C=S) groups is 1. The Labute approximate surface area is 171 Å². The zero-order valence-electron chi connectivity index (χ0n) is 16.6. The van der Waals surface area contributed by atoms with Crippen molar-refractivity contribution in [2.75, 3.05) is 27.4 Å². The van der Waals surface area contributed by atoms with Gasteiger partial charge in [0.25, 0.3) is 5.91 Å². The van der Waals surface area contributed by atoms with Crippen LogP contribution in [-0.4, -0.2) is 38.4 Å². The Morgan fingerprint density at radius 3 is 2.46 bits per heavy atom. The Morgan fingerprint density at radius 2 is 1.75 bits per heavy atom. The number of hydrogen-bond donors (Lipinski definition) is 2. The maximum absolute atomic E-state index is 12.0. The van der Waals surface area contributed by atoms with Gasteiger partial charge in [-0.15, -0.1) is 0 Å². The van der Waals surface area contributed by atoms with E-state index in [4.69, 9.17) is 26.4 Å². The lowest BCUT2D eigenvalue weighted by molar-refractivity contribution is -0.121. The van der Waals surface area contributed by atoms with E-state index < -0.39 is 0 Å². The van der Waals surface area contributed by atoms with Gasteiger partial charge in [-0.05, 0) is 67.4 Å². The molecule has 0 aliphatic carbocycles. The number of hydrogen-bond acceptors (Lipinski definition) is 5. The first-order chi connectivity index (χ1) is 13.4. The topological polar surface area (TPSA) is 68.8 Å². The quantitative estimate of drug-likeness (QED) is 0.662. The van der Waals surface area contributed by atoms with Gasteiger partial charge in [-0.25, -0.2) is 0 Å². The van der Waals surface area contributed by atoms with Crippen molar-refractivity contribution in [3.63, 3.8) is 0 Å². The highest BCUT2D eigenvalue weighted by Crippen LogP contribution is 2.27. The molecule has 0 heterocycles. The van der Waals surface area contributed by atoms with Crippen molar-refractivity contribution < 1.29 is 19.0 Å². The molecular weight excluding hydrogens is 376 g/mol. The average molecular weight is 403 g/mol. The molecule has 7 heteroatoms. The van der Waals surface area contributed by atoms with Crippen LogP contribution in [0.5, 0.6) is 17.2 Å². The maximum Gasteiger partial charge on any atom is 0.264 e. The van der Waals surface area contributed by atoms with E-state index >= 15 is 0 Å². The summed E-state index contributed by atoms with van der Waals surface area (Å²) in [4.78, 5) is 12.0. The van der Waals surface area contributed by atoms with Gasteiger partial charge in [0.1, 0.15) is 5.75 Å². The number of nitrogens with one attached hydrogen (secondary N) is 2. The molecule has 2 aromatic carbocycles. The Balaban J connectivity index is 1.74. The highest BCUT2D eigenvalue weighted by molar-refractivity contribution is 7.80. The van der Waals surface area contributed by atoms with E-state index in [-0.39, 0.29) is 17.6 Å². The number of ether oxygens (including phenoxy) is 3. The molecule has 0 atom stereocenters. The lowest BCUT2D eigenvalue weighted by atomic mass is 10.1. The second-order valence-electron chi connectivity index (χ2n) is 6.30. The van der Waals surface area contributed by atoms with Crippen LogP contribution in [0, 0.1) is 13.8 Å². The van der Waals surface area contributed by atoms with E-state index in [1.54, 1.807) is 14.2 Å². The van der Waals surface area contributed by atoms with Gasteiger partial charge in [0.05, 0.1) is 14.2 Å². The van der Waals surface area contributed by atoms with E-state index in [2.05, 4.69) is 10.6 Å². The summed E-state index contributed by atoms with van der Waals surface area (Å²) in [6, 6.07) is 11.6. The van der Waals surface area contributed by atoms with Gasteiger partial charge in [0.2, 0.25) is 0 Å². The molecule has 0 saturated carbocycles. The average Bonchev–Trinajstić information content (AvgIpc) is 2.68. The predicted octanol–water partition coefficient (Wildman–Crippen LogP) is 2.93. The van der Waals surface area contributed by atoms with Crippen LogP contribution >= 0.6 is 12.2 Å². The number of rotatable bonds is 8. The minimum Gasteiger partial charge on any atom is -0.493 e. The van der Waals surface area contributed by atoms with Crippen LogP contribution in [0.4, 0.5) is 0 Å². The largest absolute Gasteiger partial charge is 0.493 e. The normalized spacial score (nSPS) is 10.1. The molecule has 6 nitrogen and oxygen atoms in total. The molecule has 0 spiro atoms. The Morgan fingerprint density at radius 1 is 1.00 bits per heavy atom. The van der Waals surface area contributed by atoms with E-state index in [0.717, 1.165) is 23.1 Å². The number of benzene rings is 2. The maximum atomic E-state index is 12.0. The second kappa shape index (κ2) is 10.5. The van der Waals surface area contributed by atoms with Crippen LogP contribution in [-0.2, 0) is 11.2 Å². The van der Waals surface area contributed by atoms with E-state index in [9.17, 15) is 4.79 Å². The molecule has 0 radical (unpaired) electrons.